The molecule has 5 nitrogen and oxygen atoms in total. The highest BCUT2D eigenvalue weighted by atomic mass is 16.3. The lowest BCUT2D eigenvalue weighted by Crippen LogP contribution is -2.57. The first kappa shape index (κ1) is 13.1. The number of carbonyl (C=O) groups excluding carboxylic acids is 2. The Balaban J connectivity index is 1.80. The van der Waals surface area contributed by atoms with Gasteiger partial charge in [-0.3, -0.25) is 9.59 Å². The molecule has 3 unspecified atom stereocenters. The first-order chi connectivity index (χ1) is 9.56. The monoisotopic (exact) mass is 274 g/mol. The first-order valence-electron chi connectivity index (χ1n) is 6.95. The fourth-order valence-electron chi connectivity index (χ4n) is 3.33. The zero-order valence-corrected chi connectivity index (χ0v) is 11.2. The topological polar surface area (TPSA) is 83.6 Å². The van der Waals surface area contributed by atoms with Gasteiger partial charge in [0.2, 0.25) is 5.91 Å². The van der Waals surface area contributed by atoms with Crippen molar-refractivity contribution in [3.05, 3.63) is 35.4 Å². The fraction of sp³-hybridized carbons (Fsp3) is 0.467. The van der Waals surface area contributed by atoms with E-state index in [0.717, 1.165) is 25.8 Å². The van der Waals surface area contributed by atoms with E-state index in [9.17, 15) is 14.7 Å². The van der Waals surface area contributed by atoms with Crippen LogP contribution in [0.15, 0.2) is 24.3 Å². The van der Waals surface area contributed by atoms with Crippen LogP contribution in [0.5, 0.6) is 0 Å². The Morgan fingerprint density at radius 2 is 1.80 bits per heavy atom. The van der Waals surface area contributed by atoms with Crippen molar-refractivity contribution in [3.8, 4) is 0 Å². The third-order valence-electron chi connectivity index (χ3n) is 4.42. The van der Waals surface area contributed by atoms with Crippen LogP contribution in [0.4, 0.5) is 0 Å². The third-order valence-corrected chi connectivity index (χ3v) is 4.42. The van der Waals surface area contributed by atoms with E-state index in [1.54, 1.807) is 29.2 Å². The minimum atomic E-state index is -0.503. The van der Waals surface area contributed by atoms with Crippen molar-refractivity contribution in [2.24, 2.45) is 11.7 Å². The molecule has 20 heavy (non-hydrogen) atoms. The third kappa shape index (κ3) is 2.18. The number of carbonyl (C=O) groups is 2. The van der Waals surface area contributed by atoms with Gasteiger partial charge >= 0.3 is 0 Å². The molecule has 4 rings (SSSR count). The number of aliphatic hydroxyl groups excluding tert-OH is 1. The van der Waals surface area contributed by atoms with Gasteiger partial charge in [-0.2, -0.15) is 0 Å². The van der Waals surface area contributed by atoms with Crippen molar-refractivity contribution in [1.82, 2.24) is 4.90 Å². The summed E-state index contributed by atoms with van der Waals surface area (Å²) in [4.78, 5) is 25.3. The predicted molar refractivity (Wildman–Crippen MR) is 73.1 cm³/mol. The molecule has 2 amide bonds. The SMILES string of the molecule is NC(=O)c1ccc(C(=O)N2CC3CCC2C(O)C3)cc1. The molecular formula is C15H18N2O3. The number of nitrogens with two attached hydrogens (primary N) is 1. The molecule has 0 radical (unpaired) electrons. The number of aliphatic hydroxyl groups is 1. The number of primary amides is 1. The summed E-state index contributed by atoms with van der Waals surface area (Å²) in [6.07, 6.45) is 2.36. The molecule has 3 fully saturated rings. The summed E-state index contributed by atoms with van der Waals surface area (Å²) in [6.45, 7) is 0.720. The molecule has 2 saturated heterocycles. The average Bonchev–Trinajstić information content (AvgIpc) is 2.46. The van der Waals surface area contributed by atoms with Gasteiger partial charge in [0.05, 0.1) is 12.1 Å². The van der Waals surface area contributed by atoms with E-state index in [1.165, 1.54) is 0 Å². The van der Waals surface area contributed by atoms with E-state index in [-0.39, 0.29) is 11.9 Å². The number of nitrogens with zero attached hydrogens (tertiary/aromatic N) is 1. The normalized spacial score (nSPS) is 28.4. The van der Waals surface area contributed by atoms with Gasteiger partial charge in [-0.05, 0) is 49.4 Å². The molecule has 0 spiro atoms. The van der Waals surface area contributed by atoms with Crippen LogP contribution in [0.1, 0.15) is 40.0 Å². The average molecular weight is 274 g/mol. The highest BCUT2D eigenvalue weighted by molar-refractivity contribution is 5.97. The Labute approximate surface area is 117 Å². The molecule has 1 aliphatic carbocycles. The van der Waals surface area contributed by atoms with Gasteiger partial charge in [0.25, 0.3) is 5.91 Å². The van der Waals surface area contributed by atoms with Crippen LogP contribution >= 0.6 is 0 Å². The van der Waals surface area contributed by atoms with Gasteiger partial charge in [-0.1, -0.05) is 0 Å². The Kier molecular flexibility index (Phi) is 3.22. The highest BCUT2D eigenvalue weighted by Gasteiger charge is 2.42. The zero-order chi connectivity index (χ0) is 14.3. The van der Waals surface area contributed by atoms with E-state index in [4.69, 9.17) is 5.73 Å². The molecule has 1 aromatic carbocycles. The van der Waals surface area contributed by atoms with Gasteiger partial charge < -0.3 is 15.7 Å². The van der Waals surface area contributed by atoms with E-state index in [2.05, 4.69) is 0 Å². The molecule has 3 atom stereocenters. The maximum atomic E-state index is 12.5. The lowest BCUT2D eigenvalue weighted by atomic mass is 9.77. The van der Waals surface area contributed by atoms with Crippen LogP contribution in [0.25, 0.3) is 0 Å². The molecule has 2 bridgehead atoms. The number of benzene rings is 1. The van der Waals surface area contributed by atoms with Crippen molar-refractivity contribution in [1.29, 1.82) is 0 Å². The number of hydrogen-bond donors (Lipinski definition) is 2. The molecule has 3 N–H and O–H groups in total. The van der Waals surface area contributed by atoms with Crippen LogP contribution in [0.2, 0.25) is 0 Å². The van der Waals surface area contributed by atoms with E-state index in [1.807, 2.05) is 0 Å². The molecule has 106 valence electrons. The Bertz CT molecular complexity index is 541. The number of fused-ring (bicyclic) bond motifs is 3. The van der Waals surface area contributed by atoms with E-state index >= 15 is 0 Å². The summed E-state index contributed by atoms with van der Waals surface area (Å²) in [5.74, 6) is -0.172. The highest BCUT2D eigenvalue weighted by Crippen LogP contribution is 2.35. The fourth-order valence-corrected chi connectivity index (χ4v) is 3.33. The maximum absolute atomic E-state index is 12.5. The molecular weight excluding hydrogens is 256 g/mol. The van der Waals surface area contributed by atoms with Gasteiger partial charge in [0, 0.05) is 17.7 Å². The summed E-state index contributed by atoms with van der Waals surface area (Å²) in [7, 11) is 0. The number of hydrogen-bond acceptors (Lipinski definition) is 3. The molecule has 2 heterocycles. The second-order valence-electron chi connectivity index (χ2n) is 5.71. The summed E-state index contributed by atoms with van der Waals surface area (Å²) < 4.78 is 0. The Morgan fingerprint density at radius 3 is 2.35 bits per heavy atom. The van der Waals surface area contributed by atoms with Crippen LogP contribution in [-0.4, -0.2) is 40.5 Å². The van der Waals surface area contributed by atoms with Crippen LogP contribution in [0.3, 0.4) is 0 Å². The lowest BCUT2D eigenvalue weighted by molar-refractivity contribution is -0.0412. The van der Waals surface area contributed by atoms with Gasteiger partial charge in [-0.15, -0.1) is 0 Å². The van der Waals surface area contributed by atoms with Crippen molar-refractivity contribution in [2.75, 3.05) is 6.54 Å². The maximum Gasteiger partial charge on any atom is 0.254 e. The van der Waals surface area contributed by atoms with Gasteiger partial charge in [-0.25, -0.2) is 0 Å². The molecule has 2 aliphatic heterocycles. The van der Waals surface area contributed by atoms with Crippen molar-refractivity contribution in [3.63, 3.8) is 0 Å². The standard InChI is InChI=1S/C15H18N2O3/c16-14(19)10-2-4-11(5-3-10)15(20)17-8-9-1-6-12(17)13(18)7-9/h2-5,9,12-13,18H,1,6-8H2,(H2,16,19). The number of piperidine rings is 2. The summed E-state index contributed by atoms with van der Waals surface area (Å²) >= 11 is 0. The molecule has 1 aromatic rings. The quantitative estimate of drug-likeness (QED) is 0.835. The molecule has 0 aromatic heterocycles. The second kappa shape index (κ2) is 4.90. The predicted octanol–water partition coefficient (Wildman–Crippen LogP) is 0.771. The van der Waals surface area contributed by atoms with Gasteiger partial charge in [0.1, 0.15) is 0 Å². The first-order valence-corrected chi connectivity index (χ1v) is 6.95. The Hall–Kier alpha value is -1.88. The molecule has 5 heteroatoms. The van der Waals surface area contributed by atoms with Crippen molar-refractivity contribution >= 4 is 11.8 Å². The number of amides is 2. The Morgan fingerprint density at radius 1 is 1.15 bits per heavy atom. The van der Waals surface area contributed by atoms with Crippen molar-refractivity contribution in [2.45, 2.75) is 31.4 Å². The largest absolute Gasteiger partial charge is 0.391 e. The smallest absolute Gasteiger partial charge is 0.254 e. The summed E-state index contributed by atoms with van der Waals surface area (Å²) in [6, 6.07) is 6.31. The number of rotatable bonds is 2. The minimum absolute atomic E-state index is 0.0664. The van der Waals surface area contributed by atoms with E-state index in [0.29, 0.717) is 17.0 Å². The lowest BCUT2D eigenvalue weighted by Gasteiger charge is -2.48. The minimum Gasteiger partial charge on any atom is -0.391 e. The molecule has 3 aliphatic rings. The van der Waals surface area contributed by atoms with E-state index < -0.39 is 12.0 Å². The molecule has 1 saturated carbocycles. The van der Waals surface area contributed by atoms with Crippen LogP contribution in [-0.2, 0) is 0 Å². The van der Waals surface area contributed by atoms with Crippen LogP contribution in [0, 0.1) is 5.92 Å². The summed E-state index contributed by atoms with van der Waals surface area (Å²) in [5.41, 5.74) is 6.11. The van der Waals surface area contributed by atoms with Gasteiger partial charge in [0.15, 0.2) is 0 Å². The van der Waals surface area contributed by atoms with Crippen molar-refractivity contribution < 1.29 is 14.7 Å². The zero-order valence-electron chi connectivity index (χ0n) is 11.2. The van der Waals surface area contributed by atoms with Crippen LogP contribution < -0.4 is 5.73 Å². The summed E-state index contributed by atoms with van der Waals surface area (Å²) in [5, 5.41) is 10.0. The second-order valence-corrected chi connectivity index (χ2v) is 5.71.